The summed E-state index contributed by atoms with van der Waals surface area (Å²) < 4.78 is 0. The second-order valence-electron chi connectivity index (χ2n) is 5.18. The van der Waals surface area contributed by atoms with E-state index in [1.165, 1.54) is 32.5 Å². The zero-order valence-electron chi connectivity index (χ0n) is 11.2. The molecular weight excluding hydrogens is 224 g/mol. The van der Waals surface area contributed by atoms with Gasteiger partial charge in [-0.15, -0.1) is 0 Å². The number of phenols is 1. The fourth-order valence-corrected chi connectivity index (χ4v) is 2.59. The molecule has 1 fully saturated rings. The van der Waals surface area contributed by atoms with Crippen LogP contribution in [-0.2, 0) is 6.54 Å². The van der Waals surface area contributed by atoms with Crippen LogP contribution in [0.3, 0.4) is 0 Å². The Balaban J connectivity index is 1.67. The normalized spacial score (nSPS) is 18.1. The predicted octanol–water partition coefficient (Wildman–Crippen LogP) is 2.21. The first-order valence-corrected chi connectivity index (χ1v) is 6.99. The van der Waals surface area contributed by atoms with Gasteiger partial charge in [0.1, 0.15) is 5.75 Å². The van der Waals surface area contributed by atoms with Gasteiger partial charge >= 0.3 is 0 Å². The molecule has 18 heavy (non-hydrogen) atoms. The van der Waals surface area contributed by atoms with Crippen molar-refractivity contribution in [2.24, 2.45) is 5.92 Å². The van der Waals surface area contributed by atoms with Crippen LogP contribution in [0.1, 0.15) is 25.3 Å². The first-order valence-electron chi connectivity index (χ1n) is 6.99. The molecule has 0 spiro atoms. The zero-order valence-corrected chi connectivity index (χ0v) is 11.2. The molecule has 0 aliphatic carbocycles. The van der Waals surface area contributed by atoms with Crippen molar-refractivity contribution in [3.8, 4) is 5.75 Å². The lowest BCUT2D eigenvalue weighted by Gasteiger charge is -2.31. The molecule has 3 heteroatoms. The lowest BCUT2D eigenvalue weighted by atomic mass is 9.97. The highest BCUT2D eigenvalue weighted by molar-refractivity contribution is 5.26. The second kappa shape index (κ2) is 6.76. The molecule has 0 atom stereocenters. The highest BCUT2D eigenvalue weighted by atomic mass is 16.3. The summed E-state index contributed by atoms with van der Waals surface area (Å²) in [5.74, 6) is 1.16. The third-order valence-corrected chi connectivity index (χ3v) is 3.83. The van der Waals surface area contributed by atoms with Crippen LogP contribution in [0.4, 0.5) is 0 Å². The summed E-state index contributed by atoms with van der Waals surface area (Å²) in [4.78, 5) is 2.52. The van der Waals surface area contributed by atoms with Crippen molar-refractivity contribution < 1.29 is 5.11 Å². The van der Waals surface area contributed by atoms with Crippen LogP contribution in [0, 0.1) is 5.92 Å². The minimum atomic E-state index is 0.352. The van der Waals surface area contributed by atoms with Gasteiger partial charge < -0.3 is 15.3 Å². The minimum absolute atomic E-state index is 0.352. The molecule has 0 amide bonds. The van der Waals surface area contributed by atoms with Gasteiger partial charge in [0.05, 0.1) is 0 Å². The number of aromatic hydroxyl groups is 1. The van der Waals surface area contributed by atoms with Crippen LogP contribution in [0.2, 0.25) is 0 Å². The Hall–Kier alpha value is -1.06. The number of piperidine rings is 1. The van der Waals surface area contributed by atoms with E-state index in [2.05, 4.69) is 17.1 Å². The average Bonchev–Trinajstić information content (AvgIpc) is 2.40. The van der Waals surface area contributed by atoms with Gasteiger partial charge in [-0.2, -0.15) is 0 Å². The Morgan fingerprint density at radius 1 is 1.33 bits per heavy atom. The van der Waals surface area contributed by atoms with Gasteiger partial charge in [0.15, 0.2) is 0 Å². The van der Waals surface area contributed by atoms with Crippen LogP contribution >= 0.6 is 0 Å². The van der Waals surface area contributed by atoms with Gasteiger partial charge in [-0.1, -0.05) is 19.1 Å². The van der Waals surface area contributed by atoms with E-state index in [1.807, 2.05) is 18.2 Å². The van der Waals surface area contributed by atoms with Crippen molar-refractivity contribution in [1.82, 2.24) is 10.2 Å². The molecule has 100 valence electrons. The molecule has 0 bridgehead atoms. The summed E-state index contributed by atoms with van der Waals surface area (Å²) in [6.07, 6.45) is 2.61. The van der Waals surface area contributed by atoms with Crippen LogP contribution in [0.5, 0.6) is 5.75 Å². The first-order chi connectivity index (χ1) is 8.78. The van der Waals surface area contributed by atoms with E-state index in [9.17, 15) is 5.11 Å². The van der Waals surface area contributed by atoms with Crippen molar-refractivity contribution >= 4 is 0 Å². The third-order valence-electron chi connectivity index (χ3n) is 3.83. The summed E-state index contributed by atoms with van der Waals surface area (Å²) in [5, 5.41) is 12.9. The van der Waals surface area contributed by atoms with Crippen LogP contribution in [-0.4, -0.2) is 36.2 Å². The van der Waals surface area contributed by atoms with Gasteiger partial charge in [0, 0.05) is 6.54 Å². The fourth-order valence-electron chi connectivity index (χ4n) is 2.59. The Labute approximate surface area is 110 Å². The summed E-state index contributed by atoms with van der Waals surface area (Å²) in [5.41, 5.74) is 1.15. The van der Waals surface area contributed by atoms with E-state index in [1.54, 1.807) is 6.07 Å². The van der Waals surface area contributed by atoms with E-state index in [-0.39, 0.29) is 0 Å². The first kappa shape index (κ1) is 13.4. The Bertz CT molecular complexity index is 359. The van der Waals surface area contributed by atoms with Crippen LogP contribution in [0.15, 0.2) is 24.3 Å². The SMILES string of the molecule is CCN1CCC(CNCc2cccc(O)c2)CC1. The molecule has 2 rings (SSSR count). The van der Waals surface area contributed by atoms with Gasteiger partial charge in [0.25, 0.3) is 0 Å². The monoisotopic (exact) mass is 248 g/mol. The molecular formula is C15H24N2O. The zero-order chi connectivity index (χ0) is 12.8. The number of rotatable bonds is 5. The molecule has 1 saturated heterocycles. The lowest BCUT2D eigenvalue weighted by Crippen LogP contribution is -2.36. The van der Waals surface area contributed by atoms with Gasteiger partial charge in [-0.05, 0) is 62.6 Å². The number of hydrogen-bond acceptors (Lipinski definition) is 3. The highest BCUT2D eigenvalue weighted by Gasteiger charge is 2.17. The molecule has 0 radical (unpaired) electrons. The summed E-state index contributed by atoms with van der Waals surface area (Å²) in [6.45, 7) is 7.85. The molecule has 3 nitrogen and oxygen atoms in total. The smallest absolute Gasteiger partial charge is 0.115 e. The Morgan fingerprint density at radius 3 is 2.78 bits per heavy atom. The molecule has 0 unspecified atom stereocenters. The maximum absolute atomic E-state index is 9.38. The van der Waals surface area contributed by atoms with E-state index in [0.29, 0.717) is 5.75 Å². The van der Waals surface area contributed by atoms with Crippen LogP contribution < -0.4 is 5.32 Å². The minimum Gasteiger partial charge on any atom is -0.508 e. The number of nitrogens with zero attached hydrogens (tertiary/aromatic N) is 1. The molecule has 0 aromatic heterocycles. The Morgan fingerprint density at radius 2 is 2.11 bits per heavy atom. The molecule has 1 aliphatic heterocycles. The largest absolute Gasteiger partial charge is 0.508 e. The van der Waals surface area contributed by atoms with Crippen molar-refractivity contribution in [2.75, 3.05) is 26.2 Å². The summed E-state index contributed by atoms with van der Waals surface area (Å²) >= 11 is 0. The summed E-state index contributed by atoms with van der Waals surface area (Å²) in [7, 11) is 0. The molecule has 1 heterocycles. The highest BCUT2D eigenvalue weighted by Crippen LogP contribution is 2.16. The van der Waals surface area contributed by atoms with Crippen molar-refractivity contribution in [3.63, 3.8) is 0 Å². The van der Waals surface area contributed by atoms with E-state index in [0.717, 1.165) is 24.6 Å². The maximum Gasteiger partial charge on any atom is 0.115 e. The standard InChI is InChI=1S/C15H24N2O/c1-2-17-8-6-13(7-9-17)11-16-12-14-4-3-5-15(18)10-14/h3-5,10,13,16,18H,2,6-9,11-12H2,1H3. The topological polar surface area (TPSA) is 35.5 Å². The third kappa shape index (κ3) is 4.00. The van der Waals surface area contributed by atoms with E-state index >= 15 is 0 Å². The quantitative estimate of drug-likeness (QED) is 0.838. The van der Waals surface area contributed by atoms with Crippen molar-refractivity contribution in [1.29, 1.82) is 0 Å². The van der Waals surface area contributed by atoms with Crippen LogP contribution in [0.25, 0.3) is 0 Å². The molecule has 1 aliphatic rings. The average molecular weight is 248 g/mol. The number of benzene rings is 1. The fraction of sp³-hybridized carbons (Fsp3) is 0.600. The molecule has 0 saturated carbocycles. The van der Waals surface area contributed by atoms with E-state index < -0.39 is 0 Å². The number of hydrogen-bond donors (Lipinski definition) is 2. The summed E-state index contributed by atoms with van der Waals surface area (Å²) in [6, 6.07) is 7.48. The van der Waals surface area contributed by atoms with Gasteiger partial charge in [-0.25, -0.2) is 0 Å². The molecule has 1 aromatic rings. The Kier molecular flexibility index (Phi) is 5.02. The maximum atomic E-state index is 9.38. The number of likely N-dealkylation sites (tertiary alicyclic amines) is 1. The van der Waals surface area contributed by atoms with Crippen molar-refractivity contribution in [3.05, 3.63) is 29.8 Å². The predicted molar refractivity (Wildman–Crippen MR) is 74.7 cm³/mol. The second-order valence-corrected chi connectivity index (χ2v) is 5.18. The molecule has 1 aromatic carbocycles. The molecule has 2 N–H and O–H groups in total. The van der Waals surface area contributed by atoms with E-state index in [4.69, 9.17) is 0 Å². The van der Waals surface area contributed by atoms with Crippen molar-refractivity contribution in [2.45, 2.75) is 26.3 Å². The lowest BCUT2D eigenvalue weighted by molar-refractivity contribution is 0.190. The van der Waals surface area contributed by atoms with Gasteiger partial charge in [-0.3, -0.25) is 0 Å². The van der Waals surface area contributed by atoms with Gasteiger partial charge in [0.2, 0.25) is 0 Å². The number of phenolic OH excluding ortho intramolecular Hbond substituents is 1. The number of nitrogens with one attached hydrogen (secondary N) is 1.